The molecule has 1 saturated carbocycles. The second-order valence-corrected chi connectivity index (χ2v) is 7.15. The van der Waals surface area contributed by atoms with Gasteiger partial charge in [0.05, 0.1) is 0 Å². The lowest BCUT2D eigenvalue weighted by Crippen LogP contribution is -2.18. The first-order valence-corrected chi connectivity index (χ1v) is 9.24. The van der Waals surface area contributed by atoms with Crippen LogP contribution in [0.2, 0.25) is 0 Å². The Bertz CT molecular complexity index is 702. The van der Waals surface area contributed by atoms with E-state index >= 15 is 0 Å². The summed E-state index contributed by atoms with van der Waals surface area (Å²) >= 11 is 0. The van der Waals surface area contributed by atoms with Crippen LogP contribution in [0.15, 0.2) is 66.8 Å². The van der Waals surface area contributed by atoms with Crippen LogP contribution < -0.4 is 0 Å². The van der Waals surface area contributed by atoms with E-state index in [1.54, 1.807) is 0 Å². The second-order valence-electron chi connectivity index (χ2n) is 7.15. The third-order valence-corrected chi connectivity index (χ3v) is 5.20. The van der Waals surface area contributed by atoms with Crippen molar-refractivity contribution in [3.05, 3.63) is 72.3 Å². The molecule has 3 rings (SSSR count). The zero-order valence-electron chi connectivity index (χ0n) is 14.9. The fourth-order valence-electron chi connectivity index (χ4n) is 3.78. The Morgan fingerprint density at radius 2 is 1.83 bits per heavy atom. The molecule has 2 aromatic rings. The lowest BCUT2D eigenvalue weighted by Gasteiger charge is -2.22. The Hall–Kier alpha value is -1.86. The maximum absolute atomic E-state index is 4.29. The van der Waals surface area contributed by atoms with E-state index in [1.165, 1.54) is 54.0 Å². The van der Waals surface area contributed by atoms with E-state index in [0.29, 0.717) is 0 Å². The lowest BCUT2D eigenvalue weighted by atomic mass is 9.84. The number of hydrogen-bond donors (Lipinski definition) is 0. The molecular weight excluding hydrogens is 290 g/mol. The van der Waals surface area contributed by atoms with Gasteiger partial charge in [0.25, 0.3) is 0 Å². The summed E-state index contributed by atoms with van der Waals surface area (Å²) in [7, 11) is 2.19. The van der Waals surface area contributed by atoms with Crippen molar-refractivity contribution < 1.29 is 0 Å². The van der Waals surface area contributed by atoms with Gasteiger partial charge in [-0.05, 0) is 42.1 Å². The van der Waals surface area contributed by atoms with Crippen LogP contribution in [-0.2, 0) is 6.54 Å². The first kappa shape index (κ1) is 17.0. The number of rotatable bonds is 6. The summed E-state index contributed by atoms with van der Waals surface area (Å²) < 4.78 is 0. The van der Waals surface area contributed by atoms with Crippen molar-refractivity contribution in [1.82, 2.24) is 4.90 Å². The normalized spacial score (nSPS) is 16.2. The zero-order valence-corrected chi connectivity index (χ0v) is 14.9. The summed E-state index contributed by atoms with van der Waals surface area (Å²) in [6.07, 6.45) is 11.3. The minimum atomic E-state index is 0.721. The fourth-order valence-corrected chi connectivity index (χ4v) is 3.78. The van der Waals surface area contributed by atoms with Crippen molar-refractivity contribution in [2.24, 2.45) is 5.92 Å². The molecule has 0 spiro atoms. The van der Waals surface area contributed by atoms with Crippen molar-refractivity contribution in [3.63, 3.8) is 0 Å². The Morgan fingerprint density at radius 3 is 2.67 bits per heavy atom. The summed E-state index contributed by atoms with van der Waals surface area (Å²) in [5.74, 6) is 0.721. The monoisotopic (exact) mass is 319 g/mol. The van der Waals surface area contributed by atoms with Gasteiger partial charge in [-0.15, -0.1) is 0 Å². The third kappa shape index (κ3) is 4.36. The first-order chi connectivity index (χ1) is 11.7. The third-order valence-electron chi connectivity index (χ3n) is 5.20. The highest BCUT2D eigenvalue weighted by atomic mass is 15.1. The molecule has 0 radical (unpaired) electrons. The van der Waals surface area contributed by atoms with Crippen LogP contribution in [0.1, 0.15) is 37.7 Å². The van der Waals surface area contributed by atoms with Gasteiger partial charge in [-0.1, -0.05) is 86.0 Å². The molecule has 0 saturated heterocycles. The van der Waals surface area contributed by atoms with E-state index in [-0.39, 0.29) is 0 Å². The van der Waals surface area contributed by atoms with E-state index in [9.17, 15) is 0 Å². The van der Waals surface area contributed by atoms with Gasteiger partial charge in [0.15, 0.2) is 0 Å². The minimum Gasteiger partial charge on any atom is -0.298 e. The standard InChI is InChI=1S/C23H29N/c1-19(20-11-4-3-5-12-20)10-9-17-24(2)18-22-15-8-14-21-13-6-7-16-23(21)22/h6-10,13-16,20H,1,3-5,11-12,17-18H2,2H3. The van der Waals surface area contributed by atoms with Gasteiger partial charge >= 0.3 is 0 Å². The van der Waals surface area contributed by atoms with Gasteiger partial charge in [0, 0.05) is 13.1 Å². The number of benzene rings is 2. The van der Waals surface area contributed by atoms with E-state index in [4.69, 9.17) is 0 Å². The first-order valence-electron chi connectivity index (χ1n) is 9.24. The van der Waals surface area contributed by atoms with E-state index in [1.807, 2.05) is 0 Å². The van der Waals surface area contributed by atoms with Crippen LogP contribution in [0.5, 0.6) is 0 Å². The van der Waals surface area contributed by atoms with Crippen molar-refractivity contribution in [2.75, 3.05) is 13.6 Å². The topological polar surface area (TPSA) is 3.24 Å². The van der Waals surface area contributed by atoms with Crippen LogP contribution in [0.3, 0.4) is 0 Å². The Kier molecular flexibility index (Phi) is 5.87. The minimum absolute atomic E-state index is 0.721. The molecule has 0 aromatic heterocycles. The van der Waals surface area contributed by atoms with E-state index in [0.717, 1.165) is 19.0 Å². The Balaban J connectivity index is 1.56. The maximum Gasteiger partial charge on any atom is 0.0240 e. The molecule has 0 N–H and O–H groups in total. The average molecular weight is 319 g/mol. The van der Waals surface area contributed by atoms with Crippen molar-refractivity contribution in [2.45, 2.75) is 38.6 Å². The molecule has 2 aromatic carbocycles. The lowest BCUT2D eigenvalue weighted by molar-refractivity contribution is 0.364. The number of hydrogen-bond acceptors (Lipinski definition) is 1. The summed E-state index contributed by atoms with van der Waals surface area (Å²) in [5, 5.41) is 2.69. The molecule has 0 aliphatic heterocycles. The maximum atomic E-state index is 4.29. The number of nitrogens with zero attached hydrogens (tertiary/aromatic N) is 1. The van der Waals surface area contributed by atoms with Gasteiger partial charge in [-0.2, -0.15) is 0 Å². The highest BCUT2D eigenvalue weighted by Crippen LogP contribution is 2.29. The molecule has 1 heteroatoms. The van der Waals surface area contributed by atoms with Crippen LogP contribution in [0.4, 0.5) is 0 Å². The fraction of sp³-hybridized carbons (Fsp3) is 0.391. The van der Waals surface area contributed by atoms with Crippen LogP contribution in [-0.4, -0.2) is 18.5 Å². The smallest absolute Gasteiger partial charge is 0.0240 e. The molecule has 1 nitrogen and oxygen atoms in total. The van der Waals surface area contributed by atoms with Crippen molar-refractivity contribution in [3.8, 4) is 0 Å². The predicted molar refractivity (Wildman–Crippen MR) is 105 cm³/mol. The molecule has 0 heterocycles. The molecule has 126 valence electrons. The van der Waals surface area contributed by atoms with Crippen molar-refractivity contribution in [1.29, 1.82) is 0 Å². The van der Waals surface area contributed by atoms with Gasteiger partial charge < -0.3 is 0 Å². The Labute approximate surface area is 146 Å². The van der Waals surface area contributed by atoms with Gasteiger partial charge in [0.1, 0.15) is 0 Å². The quantitative estimate of drug-likeness (QED) is 0.593. The van der Waals surface area contributed by atoms with Crippen LogP contribution in [0.25, 0.3) is 10.8 Å². The Morgan fingerprint density at radius 1 is 1.08 bits per heavy atom. The molecule has 0 atom stereocenters. The van der Waals surface area contributed by atoms with Crippen molar-refractivity contribution >= 4 is 10.8 Å². The predicted octanol–water partition coefficient (Wildman–Crippen LogP) is 5.96. The summed E-state index contributed by atoms with van der Waals surface area (Å²) in [6.45, 7) is 6.24. The van der Waals surface area contributed by atoms with Crippen LogP contribution in [0, 0.1) is 5.92 Å². The number of fused-ring (bicyclic) bond motifs is 1. The number of allylic oxidation sites excluding steroid dienone is 2. The molecule has 0 bridgehead atoms. The highest BCUT2D eigenvalue weighted by molar-refractivity contribution is 5.85. The molecule has 0 unspecified atom stereocenters. The molecular formula is C23H29N. The van der Waals surface area contributed by atoms with Gasteiger partial charge in [-0.25, -0.2) is 0 Å². The molecule has 0 amide bonds. The molecule has 1 aliphatic rings. The van der Waals surface area contributed by atoms with E-state index in [2.05, 4.69) is 73.1 Å². The SMILES string of the molecule is C=C(C=CCN(C)Cc1cccc2ccccc12)C1CCCCC1. The van der Waals surface area contributed by atoms with E-state index < -0.39 is 0 Å². The second kappa shape index (κ2) is 8.30. The number of likely N-dealkylation sites (N-methyl/N-ethyl adjacent to an activating group) is 1. The summed E-state index contributed by atoms with van der Waals surface area (Å²) in [6, 6.07) is 15.2. The largest absolute Gasteiger partial charge is 0.298 e. The molecule has 1 fully saturated rings. The zero-order chi connectivity index (χ0) is 16.8. The molecule has 1 aliphatic carbocycles. The van der Waals surface area contributed by atoms with Gasteiger partial charge in [-0.3, -0.25) is 4.90 Å². The van der Waals surface area contributed by atoms with Crippen LogP contribution >= 0.6 is 0 Å². The molecule has 24 heavy (non-hydrogen) atoms. The average Bonchev–Trinajstić information content (AvgIpc) is 2.63. The highest BCUT2D eigenvalue weighted by Gasteiger charge is 2.14. The summed E-state index contributed by atoms with van der Waals surface area (Å²) in [5.41, 5.74) is 2.73. The van der Waals surface area contributed by atoms with Gasteiger partial charge in [0.2, 0.25) is 0 Å². The summed E-state index contributed by atoms with van der Waals surface area (Å²) in [4.78, 5) is 2.37.